The number of hydrogen-bond donors (Lipinski definition) is 3. The Kier molecular flexibility index (Phi) is 6.30. The van der Waals surface area contributed by atoms with Crippen molar-refractivity contribution in [2.75, 3.05) is 13.2 Å². The van der Waals surface area contributed by atoms with Crippen LogP contribution in [0.25, 0.3) is 0 Å². The number of ether oxygens (including phenoxy) is 2. The van der Waals surface area contributed by atoms with Crippen LogP contribution in [-0.4, -0.2) is 30.3 Å². The van der Waals surface area contributed by atoms with E-state index in [2.05, 4.69) is 26.6 Å². The molecule has 8 heteroatoms. The molecule has 1 aliphatic rings. The highest BCUT2D eigenvalue weighted by molar-refractivity contribution is 9.10. The number of benzene rings is 1. The molecule has 1 unspecified atom stereocenters. The van der Waals surface area contributed by atoms with E-state index in [0.29, 0.717) is 34.3 Å². The van der Waals surface area contributed by atoms with Gasteiger partial charge in [0.25, 0.3) is 0 Å². The molecule has 136 valence electrons. The first-order valence-electron chi connectivity index (χ1n) is 8.05. The maximum atomic E-state index is 12.5. The van der Waals surface area contributed by atoms with Crippen LogP contribution in [0.2, 0.25) is 0 Å². The van der Waals surface area contributed by atoms with Crippen LogP contribution in [0.3, 0.4) is 0 Å². The molecule has 1 aromatic carbocycles. The fourth-order valence-corrected chi connectivity index (χ4v) is 3.08. The molecular formula is C17H21BrN2O5. The van der Waals surface area contributed by atoms with Gasteiger partial charge in [-0.05, 0) is 53.9 Å². The fraction of sp³-hybridized carbons (Fsp3) is 0.412. The van der Waals surface area contributed by atoms with Gasteiger partial charge in [-0.2, -0.15) is 0 Å². The summed E-state index contributed by atoms with van der Waals surface area (Å²) < 4.78 is 11.0. The molecule has 0 bridgehead atoms. The molecule has 1 heterocycles. The van der Waals surface area contributed by atoms with Gasteiger partial charge in [-0.1, -0.05) is 6.92 Å². The van der Waals surface area contributed by atoms with Gasteiger partial charge in [0.1, 0.15) is 0 Å². The van der Waals surface area contributed by atoms with Crippen molar-refractivity contribution < 1.29 is 24.2 Å². The zero-order chi connectivity index (χ0) is 18.6. The number of aromatic hydroxyl groups is 1. The lowest BCUT2D eigenvalue weighted by Gasteiger charge is -2.29. The van der Waals surface area contributed by atoms with E-state index in [0.717, 1.165) is 0 Å². The summed E-state index contributed by atoms with van der Waals surface area (Å²) in [6.45, 7) is 5.95. The molecule has 0 saturated carbocycles. The molecule has 1 aliphatic heterocycles. The van der Waals surface area contributed by atoms with Crippen molar-refractivity contribution in [2.45, 2.75) is 33.2 Å². The van der Waals surface area contributed by atoms with E-state index in [1.807, 2.05) is 6.92 Å². The van der Waals surface area contributed by atoms with Gasteiger partial charge >= 0.3 is 12.0 Å². The highest BCUT2D eigenvalue weighted by Crippen LogP contribution is 2.39. The van der Waals surface area contributed by atoms with Crippen molar-refractivity contribution in [1.29, 1.82) is 0 Å². The van der Waals surface area contributed by atoms with Crippen molar-refractivity contribution in [3.05, 3.63) is 33.4 Å². The van der Waals surface area contributed by atoms with Gasteiger partial charge in [0.15, 0.2) is 11.5 Å². The van der Waals surface area contributed by atoms with E-state index in [4.69, 9.17) is 9.47 Å². The third-order valence-electron chi connectivity index (χ3n) is 3.69. The van der Waals surface area contributed by atoms with Crippen LogP contribution >= 0.6 is 15.9 Å². The summed E-state index contributed by atoms with van der Waals surface area (Å²) >= 11 is 3.28. The number of carbonyl (C=O) groups excluding carboxylic acids is 2. The molecule has 0 aromatic heterocycles. The van der Waals surface area contributed by atoms with Gasteiger partial charge in [0.2, 0.25) is 0 Å². The first-order chi connectivity index (χ1) is 11.9. The first-order valence-corrected chi connectivity index (χ1v) is 8.85. The van der Waals surface area contributed by atoms with Gasteiger partial charge in [-0.15, -0.1) is 0 Å². The normalized spacial score (nSPS) is 17.0. The van der Waals surface area contributed by atoms with Crippen LogP contribution < -0.4 is 15.4 Å². The molecule has 0 aliphatic carbocycles. The summed E-state index contributed by atoms with van der Waals surface area (Å²) in [4.78, 5) is 24.5. The number of allylic oxidation sites excluding steroid dienone is 1. The third kappa shape index (κ3) is 4.07. The molecule has 0 spiro atoms. The van der Waals surface area contributed by atoms with Crippen molar-refractivity contribution in [3.8, 4) is 11.5 Å². The molecular weight excluding hydrogens is 392 g/mol. The lowest BCUT2D eigenvalue weighted by molar-refractivity contribution is -0.139. The van der Waals surface area contributed by atoms with Crippen LogP contribution in [0.5, 0.6) is 11.5 Å². The molecule has 7 nitrogen and oxygen atoms in total. The van der Waals surface area contributed by atoms with Gasteiger partial charge in [-0.25, -0.2) is 9.59 Å². The van der Waals surface area contributed by atoms with Crippen LogP contribution in [0, 0.1) is 0 Å². The van der Waals surface area contributed by atoms with E-state index >= 15 is 0 Å². The Balaban J connectivity index is 2.57. The Labute approximate surface area is 154 Å². The fourth-order valence-electron chi connectivity index (χ4n) is 2.62. The summed E-state index contributed by atoms with van der Waals surface area (Å²) in [6, 6.07) is 2.13. The Hall–Kier alpha value is -2.22. The summed E-state index contributed by atoms with van der Waals surface area (Å²) in [5, 5.41) is 15.5. The van der Waals surface area contributed by atoms with Crippen molar-refractivity contribution >= 4 is 27.9 Å². The highest BCUT2D eigenvalue weighted by Gasteiger charge is 2.33. The molecule has 0 saturated heterocycles. The standard InChI is InChI=1S/C17H21BrN2O5/c1-4-11-13(16(22)25-6-3)14(20-17(23)19-11)9-7-10(18)15(21)12(8-9)24-5-2/h7-8,14,21H,4-6H2,1-3H3,(H2,19,20,23). The van der Waals surface area contributed by atoms with Crippen molar-refractivity contribution in [2.24, 2.45) is 0 Å². The van der Waals surface area contributed by atoms with E-state index < -0.39 is 18.0 Å². The zero-order valence-corrected chi connectivity index (χ0v) is 15.9. The molecule has 25 heavy (non-hydrogen) atoms. The summed E-state index contributed by atoms with van der Waals surface area (Å²) in [5.74, 6) is -0.275. The smallest absolute Gasteiger partial charge is 0.338 e. The maximum Gasteiger partial charge on any atom is 0.338 e. The average Bonchev–Trinajstić information content (AvgIpc) is 2.58. The Morgan fingerprint density at radius 1 is 1.28 bits per heavy atom. The molecule has 3 N–H and O–H groups in total. The van der Waals surface area contributed by atoms with Crippen molar-refractivity contribution in [1.82, 2.24) is 10.6 Å². The SMILES string of the molecule is CCOC(=O)C1=C(CC)NC(=O)NC1c1cc(Br)c(O)c(OCC)c1. The Morgan fingerprint density at radius 2 is 2.00 bits per heavy atom. The topological polar surface area (TPSA) is 96.9 Å². The molecule has 1 aromatic rings. The van der Waals surface area contributed by atoms with E-state index in [1.165, 1.54) is 0 Å². The Bertz CT molecular complexity index is 717. The summed E-state index contributed by atoms with van der Waals surface area (Å²) in [5.41, 5.74) is 1.44. The number of nitrogens with one attached hydrogen (secondary N) is 2. The number of rotatable bonds is 6. The second kappa shape index (κ2) is 8.24. The number of hydrogen-bond acceptors (Lipinski definition) is 5. The third-order valence-corrected chi connectivity index (χ3v) is 4.29. The maximum absolute atomic E-state index is 12.5. The second-order valence-electron chi connectivity index (χ2n) is 5.28. The molecule has 1 atom stereocenters. The van der Waals surface area contributed by atoms with Gasteiger partial charge in [0.05, 0.1) is 29.3 Å². The lowest BCUT2D eigenvalue weighted by Crippen LogP contribution is -2.45. The Morgan fingerprint density at radius 3 is 2.60 bits per heavy atom. The summed E-state index contributed by atoms with van der Waals surface area (Å²) in [6.07, 6.45) is 0.468. The molecule has 2 rings (SSSR count). The van der Waals surface area contributed by atoms with Gasteiger partial charge < -0.3 is 25.2 Å². The first kappa shape index (κ1) is 19.1. The number of phenolic OH excluding ortho intramolecular Hbond substituents is 1. The van der Waals surface area contributed by atoms with Gasteiger partial charge in [0, 0.05) is 5.70 Å². The summed E-state index contributed by atoms with van der Waals surface area (Å²) in [7, 11) is 0. The molecule has 2 amide bonds. The minimum Gasteiger partial charge on any atom is -0.503 e. The lowest BCUT2D eigenvalue weighted by atomic mass is 9.94. The van der Waals surface area contributed by atoms with Crippen LogP contribution in [0.1, 0.15) is 38.8 Å². The predicted octanol–water partition coefficient (Wildman–Crippen LogP) is 3.13. The predicted molar refractivity (Wildman–Crippen MR) is 95.3 cm³/mol. The minimum atomic E-state index is -0.709. The molecule has 0 radical (unpaired) electrons. The monoisotopic (exact) mass is 412 g/mol. The number of urea groups is 1. The highest BCUT2D eigenvalue weighted by atomic mass is 79.9. The number of esters is 1. The van der Waals surface area contributed by atoms with Gasteiger partial charge in [-0.3, -0.25) is 0 Å². The minimum absolute atomic E-state index is 0.0387. The van der Waals surface area contributed by atoms with Crippen LogP contribution in [-0.2, 0) is 9.53 Å². The number of phenols is 1. The average molecular weight is 413 g/mol. The van der Waals surface area contributed by atoms with Crippen LogP contribution in [0.4, 0.5) is 4.79 Å². The quantitative estimate of drug-likeness (QED) is 0.623. The number of amides is 2. The number of carbonyl (C=O) groups is 2. The van der Waals surface area contributed by atoms with E-state index in [-0.39, 0.29) is 18.1 Å². The second-order valence-corrected chi connectivity index (χ2v) is 6.13. The largest absolute Gasteiger partial charge is 0.503 e. The van der Waals surface area contributed by atoms with Crippen LogP contribution in [0.15, 0.2) is 27.9 Å². The van der Waals surface area contributed by atoms with E-state index in [9.17, 15) is 14.7 Å². The molecule has 0 fully saturated rings. The number of halogens is 1. The zero-order valence-electron chi connectivity index (χ0n) is 14.3. The van der Waals surface area contributed by atoms with Crippen molar-refractivity contribution in [3.63, 3.8) is 0 Å². The van der Waals surface area contributed by atoms with E-state index in [1.54, 1.807) is 26.0 Å².